The number of aromatic nitrogens is 1. The van der Waals surface area contributed by atoms with Gasteiger partial charge < -0.3 is 14.8 Å². The van der Waals surface area contributed by atoms with Crippen molar-refractivity contribution in [1.29, 1.82) is 0 Å². The Balaban J connectivity index is 2.05. The van der Waals surface area contributed by atoms with E-state index >= 15 is 0 Å². The molecular formula is C11H10N2O3. The molecule has 0 aromatic carbocycles. The molecule has 0 saturated heterocycles. The molecule has 5 nitrogen and oxygen atoms in total. The zero-order chi connectivity index (χ0) is 11.4. The summed E-state index contributed by atoms with van der Waals surface area (Å²) in [4.78, 5) is 14.8. The average Bonchev–Trinajstić information content (AvgIpc) is 2.76. The lowest BCUT2D eigenvalue weighted by Gasteiger charge is -2.03. The second kappa shape index (κ2) is 4.48. The van der Waals surface area contributed by atoms with E-state index in [9.17, 15) is 4.79 Å². The number of carboxylic acids is 1. The van der Waals surface area contributed by atoms with Crippen LogP contribution in [0.3, 0.4) is 0 Å². The molecule has 0 unspecified atom stereocenters. The van der Waals surface area contributed by atoms with Crippen LogP contribution in [0.1, 0.15) is 16.1 Å². The van der Waals surface area contributed by atoms with Gasteiger partial charge in [0, 0.05) is 18.3 Å². The molecule has 16 heavy (non-hydrogen) atoms. The number of rotatable bonds is 4. The molecule has 0 saturated carbocycles. The first kappa shape index (κ1) is 10.2. The van der Waals surface area contributed by atoms with Crippen molar-refractivity contribution in [2.24, 2.45) is 0 Å². The van der Waals surface area contributed by atoms with Gasteiger partial charge >= 0.3 is 5.97 Å². The molecule has 0 amide bonds. The Labute approximate surface area is 91.7 Å². The standard InChI is InChI=1S/C11H10N2O3/c14-11(15)10-8(4-6-16-10)7-13-9-3-1-2-5-12-9/h1-6H,7H2,(H,12,13)(H,14,15). The molecule has 82 valence electrons. The third-order valence-corrected chi connectivity index (χ3v) is 2.07. The number of pyridine rings is 1. The first-order valence-electron chi connectivity index (χ1n) is 4.72. The summed E-state index contributed by atoms with van der Waals surface area (Å²) >= 11 is 0. The molecule has 2 aromatic rings. The fourth-order valence-electron chi connectivity index (χ4n) is 1.32. The highest BCUT2D eigenvalue weighted by molar-refractivity contribution is 5.86. The van der Waals surface area contributed by atoms with Crippen LogP contribution < -0.4 is 5.32 Å². The first-order valence-corrected chi connectivity index (χ1v) is 4.72. The molecule has 0 bridgehead atoms. The predicted molar refractivity (Wildman–Crippen MR) is 57.2 cm³/mol. The number of nitrogens with one attached hydrogen (secondary N) is 1. The number of nitrogens with zero attached hydrogens (tertiary/aromatic N) is 1. The summed E-state index contributed by atoms with van der Waals surface area (Å²) in [5.41, 5.74) is 0.596. The molecule has 2 aromatic heterocycles. The van der Waals surface area contributed by atoms with Crippen molar-refractivity contribution >= 4 is 11.8 Å². The molecule has 0 atom stereocenters. The van der Waals surface area contributed by atoms with Crippen LogP contribution in [0.15, 0.2) is 41.1 Å². The first-order chi connectivity index (χ1) is 7.77. The Morgan fingerprint density at radius 1 is 1.44 bits per heavy atom. The van der Waals surface area contributed by atoms with Gasteiger partial charge in [0.25, 0.3) is 0 Å². The maximum Gasteiger partial charge on any atom is 0.372 e. The van der Waals surface area contributed by atoms with Crippen molar-refractivity contribution in [1.82, 2.24) is 4.98 Å². The van der Waals surface area contributed by atoms with E-state index in [4.69, 9.17) is 9.52 Å². The highest BCUT2D eigenvalue weighted by Gasteiger charge is 2.13. The number of anilines is 1. The number of hydrogen-bond acceptors (Lipinski definition) is 4. The SMILES string of the molecule is O=C(O)c1occc1CNc1ccccn1. The fourth-order valence-corrected chi connectivity index (χ4v) is 1.32. The second-order valence-electron chi connectivity index (χ2n) is 3.15. The van der Waals surface area contributed by atoms with Crippen LogP contribution in [-0.4, -0.2) is 16.1 Å². The van der Waals surface area contributed by atoms with E-state index in [-0.39, 0.29) is 5.76 Å². The zero-order valence-corrected chi connectivity index (χ0v) is 8.38. The smallest absolute Gasteiger partial charge is 0.372 e. The summed E-state index contributed by atoms with van der Waals surface area (Å²) in [6.45, 7) is 0.370. The van der Waals surface area contributed by atoms with E-state index in [0.29, 0.717) is 17.9 Å². The number of carboxylic acid groups (broad SMARTS) is 1. The Kier molecular flexibility index (Phi) is 2.86. The summed E-state index contributed by atoms with van der Waals surface area (Å²) in [6, 6.07) is 7.09. The van der Waals surface area contributed by atoms with E-state index in [1.807, 2.05) is 12.1 Å². The van der Waals surface area contributed by atoms with Crippen LogP contribution in [0.2, 0.25) is 0 Å². The van der Waals surface area contributed by atoms with Crippen molar-refractivity contribution in [2.75, 3.05) is 5.32 Å². The van der Waals surface area contributed by atoms with Gasteiger partial charge in [-0.05, 0) is 18.2 Å². The fraction of sp³-hybridized carbons (Fsp3) is 0.0909. The Hall–Kier alpha value is -2.30. The van der Waals surface area contributed by atoms with Gasteiger partial charge in [-0.3, -0.25) is 0 Å². The minimum atomic E-state index is -1.07. The summed E-state index contributed by atoms with van der Waals surface area (Å²) in [5.74, 6) is -0.411. The van der Waals surface area contributed by atoms with Crippen LogP contribution >= 0.6 is 0 Å². The minimum Gasteiger partial charge on any atom is -0.475 e. The molecule has 2 rings (SSSR count). The third-order valence-electron chi connectivity index (χ3n) is 2.07. The molecule has 2 N–H and O–H groups in total. The third kappa shape index (κ3) is 2.20. The van der Waals surface area contributed by atoms with Crippen molar-refractivity contribution in [3.05, 3.63) is 48.0 Å². The molecule has 0 radical (unpaired) electrons. The van der Waals surface area contributed by atoms with Crippen LogP contribution in [0.5, 0.6) is 0 Å². The number of furan rings is 1. The summed E-state index contributed by atoms with van der Waals surface area (Å²) in [5, 5.41) is 11.8. The zero-order valence-electron chi connectivity index (χ0n) is 8.38. The van der Waals surface area contributed by atoms with E-state index in [0.717, 1.165) is 0 Å². The van der Waals surface area contributed by atoms with E-state index in [2.05, 4.69) is 10.3 Å². The minimum absolute atomic E-state index is 0.0385. The molecule has 0 aliphatic rings. The summed E-state index contributed by atoms with van der Waals surface area (Å²) < 4.78 is 4.85. The van der Waals surface area contributed by atoms with Gasteiger partial charge in [0.1, 0.15) is 5.82 Å². The monoisotopic (exact) mass is 218 g/mol. The molecule has 5 heteroatoms. The van der Waals surface area contributed by atoms with Crippen LogP contribution in [0, 0.1) is 0 Å². The van der Waals surface area contributed by atoms with Gasteiger partial charge in [0.05, 0.1) is 6.26 Å². The van der Waals surface area contributed by atoms with Crippen LogP contribution in [0.25, 0.3) is 0 Å². The normalized spacial score (nSPS) is 10.0. The number of carbonyl (C=O) groups is 1. The van der Waals surface area contributed by atoms with Gasteiger partial charge in [-0.2, -0.15) is 0 Å². The molecule has 2 heterocycles. The van der Waals surface area contributed by atoms with Gasteiger partial charge in [0.15, 0.2) is 0 Å². The Bertz CT molecular complexity index is 479. The van der Waals surface area contributed by atoms with Crippen LogP contribution in [0.4, 0.5) is 5.82 Å². The Morgan fingerprint density at radius 3 is 3.00 bits per heavy atom. The highest BCUT2D eigenvalue weighted by atomic mass is 16.4. The summed E-state index contributed by atoms with van der Waals surface area (Å²) in [7, 11) is 0. The van der Waals surface area contributed by atoms with Crippen molar-refractivity contribution in [2.45, 2.75) is 6.54 Å². The van der Waals surface area contributed by atoms with Crippen molar-refractivity contribution in [3.8, 4) is 0 Å². The lowest BCUT2D eigenvalue weighted by molar-refractivity contribution is 0.0661. The molecule has 0 aliphatic carbocycles. The van der Waals surface area contributed by atoms with Gasteiger partial charge in [0.2, 0.25) is 5.76 Å². The number of aromatic carboxylic acids is 1. The quantitative estimate of drug-likeness (QED) is 0.820. The largest absolute Gasteiger partial charge is 0.475 e. The topological polar surface area (TPSA) is 75.4 Å². The maximum absolute atomic E-state index is 10.8. The molecular weight excluding hydrogens is 208 g/mol. The Morgan fingerprint density at radius 2 is 2.31 bits per heavy atom. The van der Waals surface area contributed by atoms with Gasteiger partial charge in [-0.1, -0.05) is 6.07 Å². The van der Waals surface area contributed by atoms with E-state index < -0.39 is 5.97 Å². The lowest BCUT2D eigenvalue weighted by atomic mass is 10.2. The van der Waals surface area contributed by atoms with Crippen LogP contribution in [-0.2, 0) is 6.54 Å². The van der Waals surface area contributed by atoms with Gasteiger partial charge in [-0.15, -0.1) is 0 Å². The number of hydrogen-bond donors (Lipinski definition) is 2. The lowest BCUT2D eigenvalue weighted by Crippen LogP contribution is -2.05. The highest BCUT2D eigenvalue weighted by Crippen LogP contribution is 2.12. The van der Waals surface area contributed by atoms with Gasteiger partial charge in [-0.25, -0.2) is 9.78 Å². The predicted octanol–water partition coefficient (Wildman–Crippen LogP) is 1.98. The molecule has 0 fully saturated rings. The van der Waals surface area contributed by atoms with E-state index in [1.165, 1.54) is 6.26 Å². The summed E-state index contributed by atoms with van der Waals surface area (Å²) in [6.07, 6.45) is 3.02. The van der Waals surface area contributed by atoms with E-state index in [1.54, 1.807) is 18.3 Å². The average molecular weight is 218 g/mol. The maximum atomic E-state index is 10.8. The second-order valence-corrected chi connectivity index (χ2v) is 3.15. The van der Waals surface area contributed by atoms with Crippen molar-refractivity contribution in [3.63, 3.8) is 0 Å². The molecule has 0 spiro atoms. The van der Waals surface area contributed by atoms with Crippen molar-refractivity contribution < 1.29 is 14.3 Å². The molecule has 0 aliphatic heterocycles.